The molecule has 6 aliphatic rings. The van der Waals surface area contributed by atoms with Crippen molar-refractivity contribution in [2.24, 2.45) is 46.8 Å². The minimum Gasteiger partial charge on any atom is -0.389 e. The molecule has 0 aromatic heterocycles. The van der Waals surface area contributed by atoms with E-state index in [1.807, 2.05) is 4.90 Å². The molecule has 6 fully saturated rings. The molecule has 11 atom stereocenters. The lowest BCUT2D eigenvalue weighted by molar-refractivity contribution is -0.946. The number of piperidine rings is 2. The Bertz CT molecular complexity index is 765. The van der Waals surface area contributed by atoms with E-state index in [0.29, 0.717) is 37.0 Å². The van der Waals surface area contributed by atoms with Gasteiger partial charge in [-0.2, -0.15) is 0 Å². The lowest BCUT2D eigenvalue weighted by Crippen LogP contribution is -3.19. The van der Waals surface area contributed by atoms with Crippen molar-refractivity contribution in [2.45, 2.75) is 89.7 Å². The molecule has 0 bridgehead atoms. The van der Waals surface area contributed by atoms with E-state index in [2.05, 4.69) is 13.8 Å². The SMILES string of the molecule is CC1C2CCC3(O)C(CC4C3CC(=O)C3CC(=O)CCC34C)C2C[NH+]2CCCCC12. The first-order chi connectivity index (χ1) is 14.3. The predicted molar refractivity (Wildman–Crippen MR) is 114 cm³/mol. The number of rotatable bonds is 0. The van der Waals surface area contributed by atoms with Gasteiger partial charge in [0.1, 0.15) is 11.6 Å². The number of Topliss-reactive ketones (excluding diaryl/α,β-unsaturated/α-hetero) is 2. The average molecular weight is 415 g/mol. The van der Waals surface area contributed by atoms with Crippen molar-refractivity contribution in [1.82, 2.24) is 0 Å². The fourth-order valence-corrected chi connectivity index (χ4v) is 10.1. The number of quaternary nitrogens is 1. The summed E-state index contributed by atoms with van der Waals surface area (Å²) in [5, 5.41) is 12.2. The van der Waals surface area contributed by atoms with Gasteiger partial charge in [0, 0.05) is 37.0 Å². The number of hydrogen-bond acceptors (Lipinski definition) is 3. The van der Waals surface area contributed by atoms with Gasteiger partial charge in [0.2, 0.25) is 0 Å². The molecule has 0 aromatic rings. The van der Waals surface area contributed by atoms with Crippen molar-refractivity contribution in [2.75, 3.05) is 13.1 Å². The maximum Gasteiger partial charge on any atom is 0.137 e. The topological polar surface area (TPSA) is 58.8 Å². The van der Waals surface area contributed by atoms with Crippen LogP contribution in [0.2, 0.25) is 0 Å². The smallest absolute Gasteiger partial charge is 0.137 e. The van der Waals surface area contributed by atoms with Gasteiger partial charge in [0.15, 0.2) is 0 Å². The molecule has 0 aromatic carbocycles. The molecule has 4 saturated carbocycles. The third-order valence-electron chi connectivity index (χ3n) is 11.6. The molecule has 11 unspecified atom stereocenters. The van der Waals surface area contributed by atoms with Crippen LogP contribution in [0, 0.1) is 46.8 Å². The van der Waals surface area contributed by atoms with Crippen LogP contribution < -0.4 is 4.90 Å². The fraction of sp³-hybridized carbons (Fsp3) is 0.923. The van der Waals surface area contributed by atoms with Crippen molar-refractivity contribution in [3.8, 4) is 0 Å². The highest BCUT2D eigenvalue weighted by molar-refractivity contribution is 5.91. The number of hydrogen-bond donors (Lipinski definition) is 2. The monoisotopic (exact) mass is 414 g/mol. The molecule has 2 heterocycles. The van der Waals surface area contributed by atoms with Gasteiger partial charge in [-0.3, -0.25) is 9.59 Å². The molecule has 4 aliphatic carbocycles. The minimum atomic E-state index is -0.640. The zero-order chi connectivity index (χ0) is 20.8. The van der Waals surface area contributed by atoms with E-state index in [1.54, 1.807) is 0 Å². The Balaban J connectivity index is 1.34. The summed E-state index contributed by atoms with van der Waals surface area (Å²) < 4.78 is 0. The number of carbonyl (C=O) groups excluding carboxylic acids is 2. The largest absolute Gasteiger partial charge is 0.389 e. The van der Waals surface area contributed by atoms with Gasteiger partial charge in [-0.25, -0.2) is 0 Å². The van der Waals surface area contributed by atoms with Crippen molar-refractivity contribution >= 4 is 11.6 Å². The van der Waals surface area contributed by atoms with E-state index >= 15 is 0 Å². The standard InChI is InChI=1S/C26H39NO3/c1-15-17-7-9-26(30)19(18(17)14-27-10-4-3-5-23(15)27)12-20-21(26)13-24(29)22-11-16(28)6-8-25(20,22)2/h15,17-23,30H,3-14H2,1-2H3/p+1. The first-order valence-electron chi connectivity index (χ1n) is 12.9. The summed E-state index contributed by atoms with van der Waals surface area (Å²) in [7, 11) is 0. The fourth-order valence-electron chi connectivity index (χ4n) is 10.1. The Labute approximate surface area is 181 Å². The zero-order valence-electron chi connectivity index (χ0n) is 18.9. The Morgan fingerprint density at radius 2 is 1.83 bits per heavy atom. The Hall–Kier alpha value is -0.740. The van der Waals surface area contributed by atoms with Crippen molar-refractivity contribution < 1.29 is 19.6 Å². The molecule has 2 aliphatic heterocycles. The quantitative estimate of drug-likeness (QED) is 0.640. The highest BCUT2D eigenvalue weighted by Crippen LogP contribution is 2.66. The molecule has 4 nitrogen and oxygen atoms in total. The number of aliphatic hydroxyl groups is 1. The molecule has 0 radical (unpaired) electrons. The van der Waals surface area contributed by atoms with E-state index in [0.717, 1.165) is 43.6 Å². The van der Waals surface area contributed by atoms with Crippen LogP contribution in [0.4, 0.5) is 0 Å². The molecule has 0 amide bonds. The molecule has 6 rings (SSSR count). The van der Waals surface area contributed by atoms with Crippen LogP contribution in [-0.2, 0) is 9.59 Å². The van der Waals surface area contributed by atoms with Gasteiger partial charge in [-0.15, -0.1) is 0 Å². The van der Waals surface area contributed by atoms with Crippen LogP contribution in [0.3, 0.4) is 0 Å². The molecule has 2 saturated heterocycles. The van der Waals surface area contributed by atoms with Gasteiger partial charge >= 0.3 is 0 Å². The van der Waals surface area contributed by atoms with E-state index in [9.17, 15) is 14.7 Å². The summed E-state index contributed by atoms with van der Waals surface area (Å²) in [5.74, 6) is 3.54. The van der Waals surface area contributed by atoms with Crippen LogP contribution in [0.5, 0.6) is 0 Å². The van der Waals surface area contributed by atoms with Gasteiger partial charge in [-0.1, -0.05) is 13.8 Å². The summed E-state index contributed by atoms with van der Waals surface area (Å²) in [6, 6.07) is 0.836. The van der Waals surface area contributed by atoms with Gasteiger partial charge in [0.05, 0.1) is 24.7 Å². The van der Waals surface area contributed by atoms with Gasteiger partial charge in [0.25, 0.3) is 0 Å². The van der Waals surface area contributed by atoms with E-state index in [-0.39, 0.29) is 28.8 Å². The van der Waals surface area contributed by atoms with Crippen molar-refractivity contribution in [3.05, 3.63) is 0 Å². The van der Waals surface area contributed by atoms with Crippen molar-refractivity contribution in [1.29, 1.82) is 0 Å². The Kier molecular flexibility index (Phi) is 4.40. The first kappa shape index (κ1) is 19.9. The highest BCUT2D eigenvalue weighted by Gasteiger charge is 2.68. The van der Waals surface area contributed by atoms with E-state index in [4.69, 9.17) is 0 Å². The summed E-state index contributed by atoms with van der Waals surface area (Å²) >= 11 is 0. The molecule has 4 heteroatoms. The minimum absolute atomic E-state index is 0.0721. The summed E-state index contributed by atoms with van der Waals surface area (Å²) in [5.41, 5.74) is -0.712. The molecule has 30 heavy (non-hydrogen) atoms. The van der Waals surface area contributed by atoms with E-state index < -0.39 is 5.60 Å². The summed E-state index contributed by atoms with van der Waals surface area (Å²) in [6.07, 6.45) is 9.78. The molecule has 2 N–H and O–H groups in total. The van der Waals surface area contributed by atoms with Crippen molar-refractivity contribution in [3.63, 3.8) is 0 Å². The molecular formula is C26H40NO3+. The third kappa shape index (κ3) is 2.53. The summed E-state index contributed by atoms with van der Waals surface area (Å²) in [6.45, 7) is 7.37. The Morgan fingerprint density at radius 3 is 2.67 bits per heavy atom. The number of fused-ring (bicyclic) bond motifs is 8. The van der Waals surface area contributed by atoms with E-state index in [1.165, 1.54) is 32.4 Å². The first-order valence-corrected chi connectivity index (χ1v) is 12.9. The van der Waals surface area contributed by atoms with Crippen LogP contribution in [0.25, 0.3) is 0 Å². The zero-order valence-corrected chi connectivity index (χ0v) is 18.9. The van der Waals surface area contributed by atoms with Crippen LogP contribution in [-0.4, -0.2) is 41.4 Å². The lowest BCUT2D eigenvalue weighted by atomic mass is 9.51. The molecule has 0 spiro atoms. The van der Waals surface area contributed by atoms with Gasteiger partial charge < -0.3 is 10.0 Å². The maximum absolute atomic E-state index is 13.2. The van der Waals surface area contributed by atoms with Crippen LogP contribution in [0.1, 0.15) is 78.1 Å². The van der Waals surface area contributed by atoms with Crippen LogP contribution in [0.15, 0.2) is 0 Å². The van der Waals surface area contributed by atoms with Gasteiger partial charge in [-0.05, 0) is 74.0 Å². The number of nitrogens with one attached hydrogen (secondary N) is 1. The second-order valence-corrected chi connectivity index (χ2v) is 12.5. The molecular weight excluding hydrogens is 374 g/mol. The second kappa shape index (κ2) is 6.63. The number of ketones is 2. The summed E-state index contributed by atoms with van der Waals surface area (Å²) in [4.78, 5) is 27.2. The highest BCUT2D eigenvalue weighted by atomic mass is 16.3. The third-order valence-corrected chi connectivity index (χ3v) is 11.6. The average Bonchev–Trinajstić information content (AvgIpc) is 3.03. The number of carbonyl (C=O) groups is 2. The Morgan fingerprint density at radius 1 is 1.00 bits per heavy atom. The molecule has 166 valence electrons. The normalized spacial score (nSPS) is 57.6. The lowest BCUT2D eigenvalue weighted by Gasteiger charge is -2.56. The predicted octanol–water partition coefficient (Wildman–Crippen LogP) is 2.43. The maximum atomic E-state index is 13.2. The second-order valence-electron chi connectivity index (χ2n) is 12.5. The van der Waals surface area contributed by atoms with Crippen LogP contribution >= 0.6 is 0 Å².